The molecule has 0 saturated carbocycles. The zero-order valence-corrected chi connectivity index (χ0v) is 12.3. The Labute approximate surface area is 120 Å². The van der Waals surface area contributed by atoms with Crippen LogP contribution in [0.25, 0.3) is 0 Å². The van der Waals surface area contributed by atoms with Crippen molar-refractivity contribution in [3.05, 3.63) is 35.9 Å². The van der Waals surface area contributed by atoms with Gasteiger partial charge in [0.25, 0.3) is 5.91 Å². The van der Waals surface area contributed by atoms with Crippen LogP contribution in [0.1, 0.15) is 25.8 Å². The van der Waals surface area contributed by atoms with E-state index < -0.39 is 0 Å². The van der Waals surface area contributed by atoms with E-state index in [4.69, 9.17) is 4.74 Å². The zero-order valence-electron chi connectivity index (χ0n) is 12.3. The Bertz CT molecular complexity index is 425. The molecular weight excluding hydrogens is 252 g/mol. The molecule has 1 amide bonds. The molecule has 2 rings (SSSR count). The van der Waals surface area contributed by atoms with Crippen LogP contribution in [0.2, 0.25) is 0 Å². The molecule has 4 nitrogen and oxygen atoms in total. The first kappa shape index (κ1) is 15.0. The molecule has 1 aliphatic rings. The molecule has 1 aromatic carbocycles. The minimum absolute atomic E-state index is 0.0183. The van der Waals surface area contributed by atoms with Crippen molar-refractivity contribution >= 4 is 5.91 Å². The van der Waals surface area contributed by atoms with Crippen LogP contribution < -0.4 is 10.6 Å². The van der Waals surface area contributed by atoms with E-state index in [1.807, 2.05) is 18.2 Å². The summed E-state index contributed by atoms with van der Waals surface area (Å²) in [5, 5.41) is 6.27. The van der Waals surface area contributed by atoms with E-state index in [9.17, 15) is 4.79 Å². The fourth-order valence-corrected chi connectivity index (χ4v) is 2.31. The molecule has 0 radical (unpaired) electrons. The minimum atomic E-state index is -0.361. The molecule has 20 heavy (non-hydrogen) atoms. The third-order valence-electron chi connectivity index (χ3n) is 3.56. The van der Waals surface area contributed by atoms with Gasteiger partial charge in [-0.15, -0.1) is 0 Å². The number of hydrogen-bond acceptors (Lipinski definition) is 3. The van der Waals surface area contributed by atoms with Crippen LogP contribution in [-0.4, -0.2) is 37.2 Å². The van der Waals surface area contributed by atoms with Crippen molar-refractivity contribution in [1.82, 2.24) is 10.6 Å². The molecule has 0 bridgehead atoms. The number of hydrogen-bond donors (Lipinski definition) is 2. The topological polar surface area (TPSA) is 50.4 Å². The van der Waals surface area contributed by atoms with Gasteiger partial charge >= 0.3 is 0 Å². The molecule has 1 aliphatic heterocycles. The first-order valence-corrected chi connectivity index (χ1v) is 7.25. The molecule has 1 heterocycles. The maximum Gasteiger partial charge on any atom is 0.250 e. The Kier molecular flexibility index (Phi) is 5.15. The highest BCUT2D eigenvalue weighted by atomic mass is 16.5. The molecule has 4 heteroatoms. The Hall–Kier alpha value is -1.39. The SMILES string of the molecule is CC(C)(CCc1ccccc1)NC(=O)C1CNCCO1. The van der Waals surface area contributed by atoms with Gasteiger partial charge in [-0.2, -0.15) is 0 Å². The number of morpholine rings is 1. The second kappa shape index (κ2) is 6.86. The number of carbonyl (C=O) groups excluding carboxylic acids is 1. The van der Waals surface area contributed by atoms with E-state index in [1.54, 1.807) is 0 Å². The van der Waals surface area contributed by atoms with Crippen molar-refractivity contribution in [2.45, 2.75) is 38.3 Å². The molecule has 1 fully saturated rings. The van der Waals surface area contributed by atoms with Gasteiger partial charge in [0.05, 0.1) is 6.61 Å². The van der Waals surface area contributed by atoms with Crippen molar-refractivity contribution < 1.29 is 9.53 Å². The van der Waals surface area contributed by atoms with E-state index in [0.29, 0.717) is 13.2 Å². The van der Waals surface area contributed by atoms with E-state index in [2.05, 4.69) is 36.6 Å². The van der Waals surface area contributed by atoms with Crippen LogP contribution in [0.15, 0.2) is 30.3 Å². The van der Waals surface area contributed by atoms with Gasteiger partial charge in [0, 0.05) is 18.6 Å². The van der Waals surface area contributed by atoms with Gasteiger partial charge in [-0.05, 0) is 32.3 Å². The van der Waals surface area contributed by atoms with Gasteiger partial charge < -0.3 is 15.4 Å². The van der Waals surface area contributed by atoms with Crippen LogP contribution in [0.3, 0.4) is 0 Å². The van der Waals surface area contributed by atoms with Gasteiger partial charge in [0.15, 0.2) is 0 Å². The van der Waals surface area contributed by atoms with E-state index >= 15 is 0 Å². The average molecular weight is 276 g/mol. The van der Waals surface area contributed by atoms with Crippen LogP contribution in [0, 0.1) is 0 Å². The molecule has 0 aliphatic carbocycles. The quantitative estimate of drug-likeness (QED) is 0.857. The summed E-state index contributed by atoms with van der Waals surface area (Å²) in [6.07, 6.45) is 1.50. The largest absolute Gasteiger partial charge is 0.366 e. The number of carbonyl (C=O) groups is 1. The van der Waals surface area contributed by atoms with E-state index in [1.165, 1.54) is 5.56 Å². The second-order valence-corrected chi connectivity index (χ2v) is 5.92. The smallest absolute Gasteiger partial charge is 0.250 e. The van der Waals surface area contributed by atoms with Crippen LogP contribution in [-0.2, 0) is 16.0 Å². The summed E-state index contributed by atoms with van der Waals surface area (Å²) in [5.74, 6) is -0.0183. The number of nitrogens with one attached hydrogen (secondary N) is 2. The normalized spacial score (nSPS) is 19.6. The molecule has 1 unspecified atom stereocenters. The lowest BCUT2D eigenvalue weighted by Crippen LogP contribution is -2.53. The Morgan fingerprint density at radius 1 is 1.40 bits per heavy atom. The Morgan fingerprint density at radius 3 is 2.80 bits per heavy atom. The second-order valence-electron chi connectivity index (χ2n) is 5.92. The minimum Gasteiger partial charge on any atom is -0.366 e. The monoisotopic (exact) mass is 276 g/mol. The standard InChI is InChI=1S/C16H24N2O2/c1-16(2,9-8-13-6-4-3-5-7-13)18-15(19)14-12-17-10-11-20-14/h3-7,14,17H,8-12H2,1-2H3,(H,18,19). The number of aryl methyl sites for hydroxylation is 1. The third kappa shape index (κ3) is 4.62. The van der Waals surface area contributed by atoms with E-state index in [-0.39, 0.29) is 17.6 Å². The summed E-state index contributed by atoms with van der Waals surface area (Å²) in [7, 11) is 0. The van der Waals surface area contributed by atoms with Gasteiger partial charge in [-0.3, -0.25) is 4.79 Å². The van der Waals surface area contributed by atoms with Crippen LogP contribution in [0.5, 0.6) is 0 Å². The van der Waals surface area contributed by atoms with Crippen LogP contribution in [0.4, 0.5) is 0 Å². The van der Waals surface area contributed by atoms with Crippen molar-refractivity contribution in [3.63, 3.8) is 0 Å². The highest BCUT2D eigenvalue weighted by Crippen LogP contribution is 2.14. The lowest BCUT2D eigenvalue weighted by molar-refractivity contribution is -0.136. The average Bonchev–Trinajstić information content (AvgIpc) is 2.47. The number of rotatable bonds is 5. The predicted molar refractivity (Wildman–Crippen MR) is 79.6 cm³/mol. The highest BCUT2D eigenvalue weighted by Gasteiger charge is 2.27. The number of amides is 1. The summed E-state index contributed by atoms with van der Waals surface area (Å²) in [4.78, 5) is 12.1. The Balaban J connectivity index is 1.82. The lowest BCUT2D eigenvalue weighted by Gasteiger charge is -2.30. The van der Waals surface area contributed by atoms with Gasteiger partial charge in [-0.25, -0.2) is 0 Å². The molecule has 0 spiro atoms. The van der Waals surface area contributed by atoms with E-state index in [0.717, 1.165) is 19.4 Å². The van der Waals surface area contributed by atoms with Gasteiger partial charge in [0.1, 0.15) is 6.10 Å². The fourth-order valence-electron chi connectivity index (χ4n) is 2.31. The zero-order chi connectivity index (χ0) is 14.4. The molecule has 1 atom stereocenters. The highest BCUT2D eigenvalue weighted by molar-refractivity contribution is 5.81. The summed E-state index contributed by atoms with van der Waals surface area (Å²) in [6.45, 7) is 6.14. The number of ether oxygens (including phenoxy) is 1. The van der Waals surface area contributed by atoms with Crippen molar-refractivity contribution in [2.24, 2.45) is 0 Å². The molecule has 1 aromatic rings. The summed E-state index contributed by atoms with van der Waals surface area (Å²) in [6, 6.07) is 10.3. The van der Waals surface area contributed by atoms with Crippen LogP contribution >= 0.6 is 0 Å². The van der Waals surface area contributed by atoms with Crippen molar-refractivity contribution in [1.29, 1.82) is 0 Å². The summed E-state index contributed by atoms with van der Waals surface area (Å²) < 4.78 is 5.47. The Morgan fingerprint density at radius 2 is 2.15 bits per heavy atom. The molecule has 0 aromatic heterocycles. The van der Waals surface area contributed by atoms with Crippen molar-refractivity contribution in [3.8, 4) is 0 Å². The van der Waals surface area contributed by atoms with Crippen molar-refractivity contribution in [2.75, 3.05) is 19.7 Å². The maximum atomic E-state index is 12.1. The molecule has 110 valence electrons. The molecule has 1 saturated heterocycles. The maximum absolute atomic E-state index is 12.1. The third-order valence-corrected chi connectivity index (χ3v) is 3.56. The first-order valence-electron chi connectivity index (χ1n) is 7.25. The number of benzene rings is 1. The summed E-state index contributed by atoms with van der Waals surface area (Å²) in [5.41, 5.74) is 1.07. The summed E-state index contributed by atoms with van der Waals surface area (Å²) >= 11 is 0. The first-order chi connectivity index (χ1) is 9.57. The fraction of sp³-hybridized carbons (Fsp3) is 0.562. The van der Waals surface area contributed by atoms with Gasteiger partial charge in [0.2, 0.25) is 0 Å². The van der Waals surface area contributed by atoms with Gasteiger partial charge in [-0.1, -0.05) is 30.3 Å². The predicted octanol–water partition coefficient (Wildman–Crippen LogP) is 1.50. The molecule has 2 N–H and O–H groups in total. The lowest BCUT2D eigenvalue weighted by atomic mass is 9.95. The molecular formula is C16H24N2O2.